The van der Waals surface area contributed by atoms with E-state index in [0.717, 1.165) is 16.6 Å². The van der Waals surface area contributed by atoms with Crippen LogP contribution in [0.5, 0.6) is 0 Å². The van der Waals surface area contributed by atoms with Gasteiger partial charge in [0.05, 0.1) is 29.2 Å². The molecule has 0 fully saturated rings. The second-order valence-electron chi connectivity index (χ2n) is 8.70. The van der Waals surface area contributed by atoms with Crippen molar-refractivity contribution in [3.8, 4) is 0 Å². The number of nitrogens with one attached hydrogen (secondary N) is 3. The quantitative estimate of drug-likeness (QED) is 0.298. The number of pyridine rings is 1. The molecule has 0 aliphatic carbocycles. The van der Waals surface area contributed by atoms with E-state index in [1.165, 1.54) is 0 Å². The van der Waals surface area contributed by atoms with E-state index in [0.29, 0.717) is 53.7 Å². The highest BCUT2D eigenvalue weighted by Gasteiger charge is 2.22. The number of amides is 1. The molecule has 3 aromatic heterocycles. The van der Waals surface area contributed by atoms with Crippen molar-refractivity contribution in [1.29, 1.82) is 0 Å². The summed E-state index contributed by atoms with van der Waals surface area (Å²) in [7, 11) is -2.53. The number of anilines is 4. The van der Waals surface area contributed by atoms with Crippen LogP contribution in [0.1, 0.15) is 11.3 Å². The number of aromatic amines is 1. The fraction of sp³-hybridized carbons (Fsp3) is 0.261. The first-order valence-electron chi connectivity index (χ1n) is 11.1. The summed E-state index contributed by atoms with van der Waals surface area (Å²) in [5.41, 5.74) is 3.73. The molecular formula is C23H25N8O3P. The van der Waals surface area contributed by atoms with Crippen molar-refractivity contribution in [1.82, 2.24) is 30.0 Å². The molecule has 1 aromatic carbocycles. The number of aliphatic hydroxyl groups excluding tert-OH is 1. The van der Waals surface area contributed by atoms with Crippen LogP contribution in [0.15, 0.2) is 42.7 Å². The molecule has 4 N–H and O–H groups in total. The Morgan fingerprint density at radius 3 is 2.83 bits per heavy atom. The summed E-state index contributed by atoms with van der Waals surface area (Å²) >= 11 is 0. The summed E-state index contributed by atoms with van der Waals surface area (Å²) in [6.45, 7) is 3.86. The van der Waals surface area contributed by atoms with Crippen molar-refractivity contribution in [3.05, 3.63) is 54.0 Å². The zero-order valence-electron chi connectivity index (χ0n) is 19.3. The number of aliphatic hydroxyl groups is 1. The highest BCUT2D eigenvalue weighted by Crippen LogP contribution is 2.38. The molecule has 0 atom stereocenters. The summed E-state index contributed by atoms with van der Waals surface area (Å²) in [5.74, 6) is 0.526. The van der Waals surface area contributed by atoms with E-state index in [-0.39, 0.29) is 5.91 Å². The number of benzene rings is 1. The van der Waals surface area contributed by atoms with Crippen molar-refractivity contribution in [2.75, 3.05) is 37.1 Å². The topological polar surface area (TPSA) is 149 Å². The van der Waals surface area contributed by atoms with Gasteiger partial charge in [0.15, 0.2) is 5.65 Å². The number of fused-ring (bicyclic) bond motifs is 2. The monoisotopic (exact) mass is 492 g/mol. The lowest BCUT2D eigenvalue weighted by Gasteiger charge is -2.28. The summed E-state index contributed by atoms with van der Waals surface area (Å²) in [5, 5.41) is 24.1. The molecule has 11 nitrogen and oxygen atoms in total. The molecule has 35 heavy (non-hydrogen) atoms. The minimum Gasteiger partial charge on any atom is -0.387 e. The van der Waals surface area contributed by atoms with Gasteiger partial charge in [-0.25, -0.2) is 0 Å². The van der Waals surface area contributed by atoms with Gasteiger partial charge in [0.25, 0.3) is 0 Å². The molecule has 1 aliphatic rings. The first-order chi connectivity index (χ1) is 16.8. The van der Waals surface area contributed by atoms with Crippen LogP contribution >= 0.6 is 7.14 Å². The van der Waals surface area contributed by atoms with Gasteiger partial charge in [0.1, 0.15) is 19.6 Å². The van der Waals surface area contributed by atoms with E-state index < -0.39 is 13.7 Å². The first-order valence-corrected chi connectivity index (χ1v) is 13.7. The molecule has 0 spiro atoms. The van der Waals surface area contributed by atoms with Gasteiger partial charge in [-0.15, -0.1) is 0 Å². The summed E-state index contributed by atoms with van der Waals surface area (Å²) in [4.78, 5) is 27.2. The van der Waals surface area contributed by atoms with E-state index in [1.54, 1.807) is 30.6 Å². The predicted octanol–water partition coefficient (Wildman–Crippen LogP) is 2.36. The molecular weight excluding hydrogens is 467 g/mol. The zero-order valence-corrected chi connectivity index (χ0v) is 20.2. The van der Waals surface area contributed by atoms with Crippen LogP contribution in [0, 0.1) is 0 Å². The predicted molar refractivity (Wildman–Crippen MR) is 134 cm³/mol. The van der Waals surface area contributed by atoms with E-state index >= 15 is 0 Å². The summed E-state index contributed by atoms with van der Waals surface area (Å²) < 4.78 is 12.8. The number of carbonyl (C=O) groups excluding carboxylic acids is 1. The Balaban J connectivity index is 1.46. The van der Waals surface area contributed by atoms with Crippen molar-refractivity contribution >= 4 is 52.5 Å². The number of carbonyl (C=O) groups is 1. The third kappa shape index (κ3) is 4.73. The standard InChI is InChI=1S/C23H25N8O3P/c1-35(2,34)19-6-4-3-5-18(19)27-21-16-11-25-30-22(16)29-23(28-21)26-15-9-14-12-31(20(33)13-32)8-7-17(14)24-10-15/h3-6,9-11,32H,7-8,12-13H2,1-2H3,(H3,25,26,27,28,29,30). The molecule has 0 saturated heterocycles. The Hall–Kier alpha value is -3.82. The smallest absolute Gasteiger partial charge is 0.248 e. The summed E-state index contributed by atoms with van der Waals surface area (Å²) in [6, 6.07) is 9.35. The number of hydrogen-bond acceptors (Lipinski definition) is 9. The maximum Gasteiger partial charge on any atom is 0.248 e. The molecule has 0 bridgehead atoms. The molecule has 0 unspecified atom stereocenters. The Morgan fingerprint density at radius 2 is 2.03 bits per heavy atom. The molecule has 4 aromatic rings. The second kappa shape index (κ2) is 9.09. The molecule has 1 amide bonds. The van der Waals surface area contributed by atoms with Gasteiger partial charge in [-0.3, -0.25) is 14.9 Å². The molecule has 0 radical (unpaired) electrons. The molecule has 180 valence electrons. The largest absolute Gasteiger partial charge is 0.387 e. The zero-order chi connectivity index (χ0) is 24.6. The number of H-pyrrole nitrogens is 1. The van der Waals surface area contributed by atoms with Gasteiger partial charge >= 0.3 is 0 Å². The molecule has 12 heteroatoms. The fourth-order valence-electron chi connectivity index (χ4n) is 4.10. The molecule has 1 aliphatic heterocycles. The van der Waals surface area contributed by atoms with Crippen LogP contribution in [0.4, 0.5) is 23.1 Å². The van der Waals surface area contributed by atoms with Crippen LogP contribution in [0.25, 0.3) is 11.0 Å². The highest BCUT2D eigenvalue weighted by atomic mass is 31.2. The average Bonchev–Trinajstić information content (AvgIpc) is 3.32. The molecule has 0 saturated carbocycles. The SMILES string of the molecule is CP(C)(=O)c1ccccc1Nc1nc(Nc2cnc3c(c2)CN(C(=O)CO)CC3)nc2[nH]ncc12. The van der Waals surface area contributed by atoms with Gasteiger partial charge in [-0.05, 0) is 37.1 Å². The van der Waals surface area contributed by atoms with Crippen LogP contribution < -0.4 is 15.9 Å². The lowest BCUT2D eigenvalue weighted by Crippen LogP contribution is -2.37. The van der Waals surface area contributed by atoms with E-state index in [4.69, 9.17) is 0 Å². The lowest BCUT2D eigenvalue weighted by atomic mass is 10.1. The fourth-order valence-corrected chi connectivity index (χ4v) is 5.25. The second-order valence-corrected chi connectivity index (χ2v) is 11.9. The van der Waals surface area contributed by atoms with Gasteiger partial charge < -0.3 is 25.2 Å². The molecule has 4 heterocycles. The van der Waals surface area contributed by atoms with Crippen molar-refractivity contribution in [2.45, 2.75) is 13.0 Å². The van der Waals surface area contributed by atoms with E-state index in [1.807, 2.05) is 30.3 Å². The normalized spacial score (nSPS) is 13.5. The van der Waals surface area contributed by atoms with Gasteiger partial charge in [0.2, 0.25) is 11.9 Å². The third-order valence-corrected chi connectivity index (χ3v) is 7.38. The minimum atomic E-state index is -2.53. The van der Waals surface area contributed by atoms with E-state index in [9.17, 15) is 14.5 Å². The van der Waals surface area contributed by atoms with Crippen LogP contribution in [0.3, 0.4) is 0 Å². The number of aromatic nitrogens is 5. The summed E-state index contributed by atoms with van der Waals surface area (Å²) in [6.07, 6.45) is 3.97. The maximum absolute atomic E-state index is 12.8. The third-order valence-electron chi connectivity index (χ3n) is 5.83. The lowest BCUT2D eigenvalue weighted by molar-refractivity contribution is -0.135. The van der Waals surface area contributed by atoms with Crippen LogP contribution in [-0.2, 0) is 22.3 Å². The Kier molecular flexibility index (Phi) is 5.96. The van der Waals surface area contributed by atoms with Crippen molar-refractivity contribution in [2.24, 2.45) is 0 Å². The number of rotatable bonds is 6. The van der Waals surface area contributed by atoms with Gasteiger partial charge in [-0.1, -0.05) is 12.1 Å². The van der Waals surface area contributed by atoms with Crippen LogP contribution in [-0.4, -0.2) is 67.5 Å². The van der Waals surface area contributed by atoms with Gasteiger partial charge in [-0.2, -0.15) is 15.1 Å². The Morgan fingerprint density at radius 1 is 1.20 bits per heavy atom. The minimum absolute atomic E-state index is 0.304. The average molecular weight is 492 g/mol. The Bertz CT molecular complexity index is 1460. The van der Waals surface area contributed by atoms with Crippen molar-refractivity contribution < 1.29 is 14.5 Å². The van der Waals surface area contributed by atoms with Crippen LogP contribution in [0.2, 0.25) is 0 Å². The van der Waals surface area contributed by atoms with Gasteiger partial charge in [0, 0.05) is 30.5 Å². The number of para-hydroxylation sites is 1. The Labute approximate surface area is 201 Å². The van der Waals surface area contributed by atoms with Crippen molar-refractivity contribution in [3.63, 3.8) is 0 Å². The molecule has 5 rings (SSSR count). The maximum atomic E-state index is 12.8. The number of nitrogens with zero attached hydrogens (tertiary/aromatic N) is 5. The first kappa shape index (κ1) is 22.9. The van der Waals surface area contributed by atoms with E-state index in [2.05, 4.69) is 35.8 Å². The number of hydrogen-bond donors (Lipinski definition) is 4. The highest BCUT2D eigenvalue weighted by molar-refractivity contribution is 7.70.